The molecule has 0 atom stereocenters. The number of carbonyl (C=O) groups excluding carboxylic acids is 1. The molecule has 1 N–H and O–H groups in total. The van der Waals surface area contributed by atoms with Gasteiger partial charge in [-0.25, -0.2) is 0 Å². The van der Waals surface area contributed by atoms with Gasteiger partial charge in [0.15, 0.2) is 5.75 Å². The number of halogens is 3. The van der Waals surface area contributed by atoms with Crippen molar-refractivity contribution >= 4 is 71.2 Å². The van der Waals surface area contributed by atoms with E-state index in [0.29, 0.717) is 25.2 Å². The van der Waals surface area contributed by atoms with Crippen LogP contribution in [0.15, 0.2) is 74.0 Å². The molecule has 3 rings (SSSR count). The summed E-state index contributed by atoms with van der Waals surface area (Å²) >= 11 is 12.4. The van der Waals surface area contributed by atoms with E-state index in [1.807, 2.05) is 32.0 Å². The number of nitriles is 1. The zero-order chi connectivity index (χ0) is 25.0. The summed E-state index contributed by atoms with van der Waals surface area (Å²) in [6, 6.07) is 16.1. The number of benzene rings is 3. The maximum Gasteiger partial charge on any atom is 0.339 e. The second-order valence-electron chi connectivity index (χ2n) is 7.25. The second kappa shape index (κ2) is 10.7. The fourth-order valence-electron chi connectivity index (χ4n) is 2.96. The van der Waals surface area contributed by atoms with Gasteiger partial charge < -0.3 is 9.50 Å². The molecule has 174 valence electrons. The molecule has 0 fully saturated rings. The number of rotatable bonds is 6. The van der Waals surface area contributed by atoms with E-state index in [1.165, 1.54) is 30.3 Å². The number of carbonyl (C=O) groups is 1. The van der Waals surface area contributed by atoms with Crippen molar-refractivity contribution in [2.45, 2.75) is 18.7 Å². The highest BCUT2D eigenvalue weighted by molar-refractivity contribution is 9.11. The summed E-state index contributed by atoms with van der Waals surface area (Å²) in [6.07, 6.45) is 1.39. The number of anilines is 1. The molecule has 0 aliphatic rings. The van der Waals surface area contributed by atoms with Crippen LogP contribution in [-0.4, -0.2) is 14.3 Å². The van der Waals surface area contributed by atoms with Gasteiger partial charge in [0, 0.05) is 10.7 Å². The van der Waals surface area contributed by atoms with Crippen LogP contribution in [0.1, 0.15) is 16.7 Å². The topological polar surface area (TPSA) is 96.3 Å². The zero-order valence-corrected chi connectivity index (χ0v) is 22.6. The molecule has 0 saturated carbocycles. The third-order valence-corrected chi connectivity index (χ3v) is 7.29. The molecule has 0 aliphatic heterocycles. The molecule has 0 saturated heterocycles. The molecule has 1 amide bonds. The Bertz CT molecular complexity index is 1420. The average molecular weight is 625 g/mol. The summed E-state index contributed by atoms with van der Waals surface area (Å²) in [5.41, 5.74) is 2.89. The molecule has 0 radical (unpaired) electrons. The highest BCUT2D eigenvalue weighted by Gasteiger charge is 2.21. The van der Waals surface area contributed by atoms with Crippen LogP contribution in [-0.2, 0) is 14.9 Å². The molecule has 0 spiro atoms. The molecule has 0 unspecified atom stereocenters. The molecular weight excluding hydrogens is 608 g/mol. The van der Waals surface area contributed by atoms with Crippen molar-refractivity contribution in [2.24, 2.45) is 0 Å². The summed E-state index contributed by atoms with van der Waals surface area (Å²) in [4.78, 5) is 12.6. The third kappa shape index (κ3) is 6.27. The number of nitrogens with zero attached hydrogens (tertiary/aromatic N) is 1. The first-order valence-electron chi connectivity index (χ1n) is 9.69. The molecular formula is C24H17Br2ClN2O4S. The number of hydrogen-bond donors (Lipinski definition) is 1. The molecule has 0 heterocycles. The normalized spacial score (nSPS) is 11.6. The van der Waals surface area contributed by atoms with Gasteiger partial charge in [-0.2, -0.15) is 13.7 Å². The number of amides is 1. The Kier molecular flexibility index (Phi) is 8.21. The van der Waals surface area contributed by atoms with Crippen molar-refractivity contribution in [1.82, 2.24) is 0 Å². The van der Waals surface area contributed by atoms with E-state index >= 15 is 0 Å². The van der Waals surface area contributed by atoms with Crippen molar-refractivity contribution in [3.05, 3.63) is 90.8 Å². The van der Waals surface area contributed by atoms with Gasteiger partial charge in [-0.05, 0) is 105 Å². The van der Waals surface area contributed by atoms with Crippen molar-refractivity contribution in [3.8, 4) is 11.8 Å². The standard InChI is InChI=1S/C24H17Br2ClN2O4S/c1-14-3-8-22(15(2)9-14)29-24(30)17(13-28)10-16-11-20(25)23(21(26)12-16)33-34(31,32)19-6-4-18(27)5-7-19/h3-12H,1-2H3,(H,29,30)/b17-10+. The lowest BCUT2D eigenvalue weighted by Gasteiger charge is -2.12. The van der Waals surface area contributed by atoms with Crippen molar-refractivity contribution in [2.75, 3.05) is 5.32 Å². The molecule has 10 heteroatoms. The summed E-state index contributed by atoms with van der Waals surface area (Å²) in [6.45, 7) is 3.81. The quantitative estimate of drug-likeness (QED) is 0.185. The van der Waals surface area contributed by atoms with E-state index in [0.717, 1.165) is 11.1 Å². The number of aryl methyl sites for hydroxylation is 2. The zero-order valence-electron chi connectivity index (χ0n) is 17.9. The Morgan fingerprint density at radius 2 is 1.68 bits per heavy atom. The maximum atomic E-state index is 12.7. The minimum Gasteiger partial charge on any atom is -0.377 e. The van der Waals surface area contributed by atoms with Crippen molar-refractivity contribution < 1.29 is 17.4 Å². The van der Waals surface area contributed by atoms with Gasteiger partial charge in [0.1, 0.15) is 16.5 Å². The first-order valence-corrected chi connectivity index (χ1v) is 13.1. The largest absolute Gasteiger partial charge is 0.377 e. The van der Waals surface area contributed by atoms with Crippen LogP contribution < -0.4 is 9.50 Å². The smallest absolute Gasteiger partial charge is 0.339 e. The monoisotopic (exact) mass is 622 g/mol. The molecule has 34 heavy (non-hydrogen) atoms. The molecule has 0 aromatic heterocycles. The fourth-order valence-corrected chi connectivity index (χ4v) is 5.65. The van der Waals surface area contributed by atoms with Gasteiger partial charge in [0.25, 0.3) is 5.91 Å². The molecule has 0 aliphatic carbocycles. The minimum atomic E-state index is -4.12. The Morgan fingerprint density at radius 3 is 2.24 bits per heavy atom. The molecule has 6 nitrogen and oxygen atoms in total. The van der Waals surface area contributed by atoms with Gasteiger partial charge >= 0.3 is 10.1 Å². The van der Waals surface area contributed by atoms with E-state index in [2.05, 4.69) is 37.2 Å². The van der Waals surface area contributed by atoms with Gasteiger partial charge in [-0.3, -0.25) is 4.79 Å². The Hall–Kier alpha value is -2.64. The maximum absolute atomic E-state index is 12.7. The van der Waals surface area contributed by atoms with Crippen LogP contribution in [0.3, 0.4) is 0 Å². The summed E-state index contributed by atoms with van der Waals surface area (Å²) in [5, 5.41) is 12.7. The Labute approximate surface area is 219 Å². The van der Waals surface area contributed by atoms with Gasteiger partial charge in [0.05, 0.1) is 8.95 Å². The van der Waals surface area contributed by atoms with Crippen LogP contribution in [0.5, 0.6) is 5.75 Å². The first kappa shape index (κ1) is 26.0. The van der Waals surface area contributed by atoms with Crippen LogP contribution in [0, 0.1) is 25.2 Å². The first-order chi connectivity index (χ1) is 16.0. The molecule has 3 aromatic carbocycles. The van der Waals surface area contributed by atoms with Gasteiger partial charge in [-0.15, -0.1) is 0 Å². The second-order valence-corrected chi connectivity index (χ2v) is 10.9. The lowest BCUT2D eigenvalue weighted by atomic mass is 10.1. The third-order valence-electron chi connectivity index (χ3n) is 4.62. The SMILES string of the molecule is Cc1ccc(NC(=O)/C(C#N)=C/c2cc(Br)c(OS(=O)(=O)c3ccc(Cl)cc3)c(Br)c2)c(C)c1. The Balaban J connectivity index is 1.87. The van der Waals surface area contributed by atoms with E-state index < -0.39 is 16.0 Å². The molecule has 3 aromatic rings. The fraction of sp³-hybridized carbons (Fsp3) is 0.0833. The van der Waals surface area contributed by atoms with E-state index in [9.17, 15) is 18.5 Å². The minimum absolute atomic E-state index is 0.0188. The van der Waals surface area contributed by atoms with E-state index in [4.69, 9.17) is 15.8 Å². The molecule has 0 bridgehead atoms. The van der Waals surface area contributed by atoms with Crippen LogP contribution in [0.4, 0.5) is 5.69 Å². The Morgan fingerprint density at radius 1 is 1.06 bits per heavy atom. The van der Waals surface area contributed by atoms with E-state index in [1.54, 1.807) is 18.2 Å². The van der Waals surface area contributed by atoms with Crippen LogP contribution in [0.25, 0.3) is 6.08 Å². The lowest BCUT2D eigenvalue weighted by Crippen LogP contribution is -2.14. The number of nitrogens with one attached hydrogen (secondary N) is 1. The predicted molar refractivity (Wildman–Crippen MR) is 139 cm³/mol. The lowest BCUT2D eigenvalue weighted by molar-refractivity contribution is -0.112. The van der Waals surface area contributed by atoms with Crippen LogP contribution >= 0.6 is 43.5 Å². The summed E-state index contributed by atoms with van der Waals surface area (Å²) in [7, 11) is -4.12. The van der Waals surface area contributed by atoms with Crippen molar-refractivity contribution in [3.63, 3.8) is 0 Å². The number of hydrogen-bond acceptors (Lipinski definition) is 5. The van der Waals surface area contributed by atoms with Gasteiger partial charge in [0.2, 0.25) is 0 Å². The van der Waals surface area contributed by atoms with E-state index in [-0.39, 0.29) is 16.2 Å². The average Bonchev–Trinajstić information content (AvgIpc) is 2.76. The summed E-state index contributed by atoms with van der Waals surface area (Å²) < 4.78 is 31.1. The highest BCUT2D eigenvalue weighted by Crippen LogP contribution is 2.37. The van der Waals surface area contributed by atoms with Crippen LogP contribution in [0.2, 0.25) is 5.02 Å². The summed E-state index contributed by atoms with van der Waals surface area (Å²) in [5.74, 6) is -0.544. The predicted octanol–water partition coefficient (Wildman–Crippen LogP) is 6.80. The van der Waals surface area contributed by atoms with Crippen molar-refractivity contribution in [1.29, 1.82) is 5.26 Å². The van der Waals surface area contributed by atoms with Gasteiger partial charge in [-0.1, -0.05) is 29.3 Å². The highest BCUT2D eigenvalue weighted by atomic mass is 79.9.